The van der Waals surface area contributed by atoms with Crippen LogP contribution < -0.4 is 5.32 Å². The van der Waals surface area contributed by atoms with Crippen LogP contribution in [0, 0.1) is 30.9 Å². The summed E-state index contributed by atoms with van der Waals surface area (Å²) in [5.41, 5.74) is 1.17. The van der Waals surface area contributed by atoms with Crippen LogP contribution in [-0.2, 0) is 11.3 Å². The Morgan fingerprint density at radius 3 is 2.64 bits per heavy atom. The minimum atomic E-state index is -2.70. The zero-order chi connectivity index (χ0) is 20.6. The van der Waals surface area contributed by atoms with Gasteiger partial charge in [-0.3, -0.25) is 14.9 Å². The Bertz CT molecular complexity index is 1090. The van der Waals surface area contributed by atoms with Crippen LogP contribution in [0.3, 0.4) is 0 Å². The summed E-state index contributed by atoms with van der Waals surface area (Å²) >= 11 is 0. The lowest BCUT2D eigenvalue weighted by molar-refractivity contribution is -0.384. The number of hydrogen-bond acceptors (Lipinski definition) is 5. The molecule has 10 heteroatoms. The monoisotopic (exact) mass is 389 g/mol. The molecule has 0 aliphatic rings. The number of aryl methyl sites for hydroxylation is 3. The molecular weight excluding hydrogens is 372 g/mol. The fraction of sp³-hybridized carbons (Fsp3) is 0.278. The molecular formula is C18H17F2N5O3. The van der Waals surface area contributed by atoms with E-state index in [0.717, 1.165) is 0 Å². The minimum absolute atomic E-state index is 0.0474. The largest absolute Gasteiger partial charge is 0.319 e. The number of carbonyl (C=O) groups is 1. The maximum absolute atomic E-state index is 13.4. The topological polar surface area (TPSA) is 103 Å². The molecule has 0 unspecified atom stereocenters. The molecule has 0 fully saturated rings. The Hall–Kier alpha value is -3.43. The van der Waals surface area contributed by atoms with Gasteiger partial charge >= 0.3 is 0 Å². The molecule has 0 aliphatic carbocycles. The van der Waals surface area contributed by atoms with Gasteiger partial charge in [-0.25, -0.2) is 18.4 Å². The SMILES string of the molecule is Cc1ccc(NC(=O)Cn2nc(C)c3c(C(F)F)cc(C)nc32)c([N+](=O)[O-])c1. The molecule has 1 N–H and O–H groups in total. The van der Waals surface area contributed by atoms with Gasteiger partial charge in [0.1, 0.15) is 12.2 Å². The smallest absolute Gasteiger partial charge is 0.293 e. The van der Waals surface area contributed by atoms with Crippen LogP contribution >= 0.6 is 0 Å². The van der Waals surface area contributed by atoms with Gasteiger partial charge in [-0.1, -0.05) is 6.07 Å². The highest BCUT2D eigenvalue weighted by Gasteiger charge is 2.21. The second-order valence-electron chi connectivity index (χ2n) is 6.42. The van der Waals surface area contributed by atoms with Gasteiger partial charge in [0.05, 0.1) is 16.0 Å². The number of halogens is 2. The molecule has 0 bridgehead atoms. The quantitative estimate of drug-likeness (QED) is 0.527. The number of carbonyl (C=O) groups excluding carboxylic acids is 1. The van der Waals surface area contributed by atoms with Crippen LogP contribution in [0.25, 0.3) is 11.0 Å². The normalized spacial score (nSPS) is 11.2. The fourth-order valence-electron chi connectivity index (χ4n) is 3.02. The van der Waals surface area contributed by atoms with Crippen molar-refractivity contribution in [3.63, 3.8) is 0 Å². The lowest BCUT2D eigenvalue weighted by Crippen LogP contribution is -2.20. The summed E-state index contributed by atoms with van der Waals surface area (Å²) in [6.07, 6.45) is -2.70. The highest BCUT2D eigenvalue weighted by molar-refractivity contribution is 5.94. The molecule has 0 radical (unpaired) electrons. The first-order valence-corrected chi connectivity index (χ1v) is 8.35. The van der Waals surface area contributed by atoms with E-state index in [0.29, 0.717) is 17.0 Å². The lowest BCUT2D eigenvalue weighted by Gasteiger charge is -2.08. The first-order valence-electron chi connectivity index (χ1n) is 8.35. The minimum Gasteiger partial charge on any atom is -0.319 e. The van der Waals surface area contributed by atoms with Crippen LogP contribution in [-0.4, -0.2) is 25.6 Å². The number of nitro benzene ring substituents is 1. The van der Waals surface area contributed by atoms with E-state index in [4.69, 9.17) is 0 Å². The number of hydrogen-bond donors (Lipinski definition) is 1. The van der Waals surface area contributed by atoms with E-state index in [1.165, 1.54) is 22.9 Å². The van der Waals surface area contributed by atoms with Crippen LogP contribution in [0.2, 0.25) is 0 Å². The van der Waals surface area contributed by atoms with Crippen molar-refractivity contribution < 1.29 is 18.5 Å². The van der Waals surface area contributed by atoms with Crippen LogP contribution in [0.15, 0.2) is 24.3 Å². The molecule has 0 atom stereocenters. The van der Waals surface area contributed by atoms with E-state index in [9.17, 15) is 23.7 Å². The zero-order valence-electron chi connectivity index (χ0n) is 15.4. The molecule has 0 aliphatic heterocycles. The maximum Gasteiger partial charge on any atom is 0.293 e. The molecule has 0 spiro atoms. The summed E-state index contributed by atoms with van der Waals surface area (Å²) in [6, 6.07) is 5.72. The van der Waals surface area contributed by atoms with E-state index in [-0.39, 0.29) is 34.5 Å². The lowest BCUT2D eigenvalue weighted by atomic mass is 10.1. The van der Waals surface area contributed by atoms with Crippen molar-refractivity contribution in [2.75, 3.05) is 5.32 Å². The number of nitrogens with one attached hydrogen (secondary N) is 1. The van der Waals surface area contributed by atoms with Crippen LogP contribution in [0.5, 0.6) is 0 Å². The van der Waals surface area contributed by atoms with E-state index in [1.54, 1.807) is 26.8 Å². The third-order valence-corrected chi connectivity index (χ3v) is 4.19. The predicted molar refractivity (Wildman–Crippen MR) is 98.4 cm³/mol. The van der Waals surface area contributed by atoms with E-state index in [2.05, 4.69) is 15.4 Å². The standard InChI is InChI=1S/C18H17F2N5O3/c1-9-4-5-13(14(6-9)25(27)28)22-15(26)8-24-18-16(11(3)23-24)12(17(19)20)7-10(2)21-18/h4-7,17H,8H2,1-3H3,(H,22,26). The van der Waals surface area contributed by atoms with Gasteiger partial charge in [0.15, 0.2) is 5.65 Å². The highest BCUT2D eigenvalue weighted by Crippen LogP contribution is 2.30. The van der Waals surface area contributed by atoms with Crippen molar-refractivity contribution in [3.8, 4) is 0 Å². The number of aromatic nitrogens is 3. The zero-order valence-corrected chi connectivity index (χ0v) is 15.4. The van der Waals surface area contributed by atoms with Crippen molar-refractivity contribution >= 4 is 28.3 Å². The van der Waals surface area contributed by atoms with Gasteiger partial charge in [0.2, 0.25) is 5.91 Å². The molecule has 2 heterocycles. The summed E-state index contributed by atoms with van der Waals surface area (Å²) < 4.78 is 27.9. The van der Waals surface area contributed by atoms with Crippen molar-refractivity contribution in [2.24, 2.45) is 0 Å². The molecule has 28 heavy (non-hydrogen) atoms. The van der Waals surface area contributed by atoms with Gasteiger partial charge < -0.3 is 5.32 Å². The predicted octanol–water partition coefficient (Wildman–Crippen LogP) is 3.84. The Morgan fingerprint density at radius 1 is 1.29 bits per heavy atom. The van der Waals surface area contributed by atoms with E-state index >= 15 is 0 Å². The molecule has 146 valence electrons. The third kappa shape index (κ3) is 3.66. The Morgan fingerprint density at radius 2 is 2.00 bits per heavy atom. The Labute approximate surface area is 158 Å². The van der Waals surface area contributed by atoms with Gasteiger partial charge in [-0.2, -0.15) is 5.10 Å². The summed E-state index contributed by atoms with van der Waals surface area (Å²) in [5, 5.41) is 18.0. The third-order valence-electron chi connectivity index (χ3n) is 4.19. The summed E-state index contributed by atoms with van der Waals surface area (Å²) in [6.45, 7) is 4.51. The second kappa shape index (κ2) is 7.29. The van der Waals surface area contributed by atoms with Crippen molar-refractivity contribution in [1.29, 1.82) is 0 Å². The number of nitro groups is 1. The first kappa shape index (κ1) is 19.3. The van der Waals surface area contributed by atoms with Gasteiger partial charge in [0, 0.05) is 17.3 Å². The number of rotatable bonds is 5. The Balaban J connectivity index is 1.94. The van der Waals surface area contributed by atoms with Crippen molar-refractivity contribution in [3.05, 3.63) is 56.9 Å². The van der Waals surface area contributed by atoms with Crippen LogP contribution in [0.1, 0.15) is 28.9 Å². The number of benzene rings is 1. The molecule has 8 nitrogen and oxygen atoms in total. The molecule has 3 rings (SSSR count). The highest BCUT2D eigenvalue weighted by atomic mass is 19.3. The Kier molecular flexibility index (Phi) is 5.04. The van der Waals surface area contributed by atoms with Crippen molar-refractivity contribution in [1.82, 2.24) is 14.8 Å². The van der Waals surface area contributed by atoms with Gasteiger partial charge in [0.25, 0.3) is 12.1 Å². The molecule has 0 saturated carbocycles. The average Bonchev–Trinajstić information content (AvgIpc) is 2.90. The molecule has 2 aromatic heterocycles. The molecule has 1 amide bonds. The van der Waals surface area contributed by atoms with Gasteiger partial charge in [-0.15, -0.1) is 0 Å². The molecule has 1 aromatic carbocycles. The average molecular weight is 389 g/mol. The number of fused-ring (bicyclic) bond motifs is 1. The number of anilines is 1. The summed E-state index contributed by atoms with van der Waals surface area (Å²) in [7, 11) is 0. The number of nitrogens with zero attached hydrogens (tertiary/aromatic N) is 4. The summed E-state index contributed by atoms with van der Waals surface area (Å²) in [5.74, 6) is -0.585. The number of amides is 1. The maximum atomic E-state index is 13.4. The molecule has 0 saturated heterocycles. The molecule has 3 aromatic rings. The number of pyridine rings is 1. The van der Waals surface area contributed by atoms with E-state index in [1.807, 2.05) is 0 Å². The van der Waals surface area contributed by atoms with E-state index < -0.39 is 17.3 Å². The van der Waals surface area contributed by atoms with Crippen LogP contribution in [0.4, 0.5) is 20.2 Å². The van der Waals surface area contributed by atoms with Gasteiger partial charge in [-0.05, 0) is 38.5 Å². The fourth-order valence-corrected chi connectivity index (χ4v) is 3.02. The summed E-state index contributed by atoms with van der Waals surface area (Å²) in [4.78, 5) is 27.3. The number of alkyl halides is 2. The first-order chi connectivity index (χ1) is 13.2. The van der Waals surface area contributed by atoms with Crippen molar-refractivity contribution in [2.45, 2.75) is 33.7 Å². The second-order valence-corrected chi connectivity index (χ2v) is 6.42.